The van der Waals surface area contributed by atoms with Gasteiger partial charge in [-0.1, -0.05) is 153 Å². The van der Waals surface area contributed by atoms with Crippen molar-refractivity contribution in [3.8, 4) is 33.6 Å². The van der Waals surface area contributed by atoms with Crippen LogP contribution in [0.15, 0.2) is 200 Å². The number of para-hydroxylation sites is 2. The SMILES string of the molecule is CC1(C)C2=C(C(c3ccc(-n4c5ccccc5c5ccccc54)cc3)=CCC2)c2ccc(-n3c4ccc(-c5ccccc5)cc4c4cc(-c5ccccc5)ccc43)cc21. The van der Waals surface area contributed by atoms with E-state index in [0.717, 1.165) is 12.8 Å². The molecule has 0 atom stereocenters. The van der Waals surface area contributed by atoms with Gasteiger partial charge in [0.2, 0.25) is 0 Å². The first-order valence-electron chi connectivity index (χ1n) is 20.9. The number of aromatic nitrogens is 2. The van der Waals surface area contributed by atoms with E-state index in [1.807, 2.05) is 0 Å². The lowest BCUT2D eigenvalue weighted by atomic mass is 9.77. The van der Waals surface area contributed by atoms with Crippen LogP contribution in [-0.2, 0) is 5.41 Å². The smallest absolute Gasteiger partial charge is 0.0541 e. The number of allylic oxidation sites excluding steroid dienone is 4. The molecule has 2 aliphatic rings. The normalized spacial score (nSPS) is 14.6. The summed E-state index contributed by atoms with van der Waals surface area (Å²) in [4.78, 5) is 0. The summed E-state index contributed by atoms with van der Waals surface area (Å²) in [6.07, 6.45) is 4.61. The molecule has 0 spiro atoms. The molecule has 0 bridgehead atoms. The summed E-state index contributed by atoms with van der Waals surface area (Å²) in [7, 11) is 0. The Morgan fingerprint density at radius 2 is 0.898 bits per heavy atom. The number of fused-ring (bicyclic) bond motifs is 8. The first-order valence-corrected chi connectivity index (χ1v) is 20.9. The van der Waals surface area contributed by atoms with Crippen molar-refractivity contribution in [2.24, 2.45) is 0 Å². The van der Waals surface area contributed by atoms with Gasteiger partial charge in [0.1, 0.15) is 0 Å². The highest BCUT2D eigenvalue weighted by Crippen LogP contribution is 2.55. The minimum Gasteiger partial charge on any atom is -0.309 e. The Morgan fingerprint density at radius 3 is 1.49 bits per heavy atom. The van der Waals surface area contributed by atoms with E-state index in [0.29, 0.717) is 0 Å². The predicted octanol–water partition coefficient (Wildman–Crippen LogP) is 15.1. The Balaban J connectivity index is 0.971. The highest BCUT2D eigenvalue weighted by molar-refractivity contribution is 6.13. The topological polar surface area (TPSA) is 9.86 Å². The van der Waals surface area contributed by atoms with Crippen LogP contribution in [0, 0.1) is 0 Å². The van der Waals surface area contributed by atoms with Crippen LogP contribution < -0.4 is 0 Å². The van der Waals surface area contributed by atoms with Gasteiger partial charge in [0.15, 0.2) is 0 Å². The highest BCUT2D eigenvalue weighted by Gasteiger charge is 2.40. The van der Waals surface area contributed by atoms with Crippen molar-refractivity contribution < 1.29 is 0 Å². The van der Waals surface area contributed by atoms with Gasteiger partial charge in [-0.25, -0.2) is 0 Å². The van der Waals surface area contributed by atoms with E-state index in [9.17, 15) is 0 Å². The number of nitrogens with zero attached hydrogens (tertiary/aromatic N) is 2. The first kappa shape index (κ1) is 33.9. The van der Waals surface area contributed by atoms with Crippen LogP contribution >= 0.6 is 0 Å². The van der Waals surface area contributed by atoms with Gasteiger partial charge < -0.3 is 9.13 Å². The molecular formula is C57H42N2. The largest absolute Gasteiger partial charge is 0.309 e. The number of benzene rings is 8. The maximum atomic E-state index is 2.49. The molecule has 8 aromatic carbocycles. The maximum absolute atomic E-state index is 2.49. The Kier molecular flexibility index (Phi) is 7.43. The van der Waals surface area contributed by atoms with Crippen LogP contribution in [0.25, 0.3) is 88.4 Å². The van der Waals surface area contributed by atoms with Gasteiger partial charge in [-0.05, 0) is 124 Å². The zero-order chi connectivity index (χ0) is 39.2. The van der Waals surface area contributed by atoms with Crippen LogP contribution in [0.4, 0.5) is 0 Å². The zero-order valence-corrected chi connectivity index (χ0v) is 33.3. The van der Waals surface area contributed by atoms with E-state index in [4.69, 9.17) is 0 Å². The molecule has 2 aliphatic carbocycles. The molecule has 0 fully saturated rings. The van der Waals surface area contributed by atoms with Crippen molar-refractivity contribution in [1.82, 2.24) is 9.13 Å². The van der Waals surface area contributed by atoms with Crippen LogP contribution in [0.2, 0.25) is 0 Å². The molecule has 280 valence electrons. The van der Waals surface area contributed by atoms with E-state index in [1.165, 1.54) is 105 Å². The third-order valence-corrected chi connectivity index (χ3v) is 13.3. The summed E-state index contributed by atoms with van der Waals surface area (Å²) in [6.45, 7) is 4.88. The fourth-order valence-electron chi connectivity index (χ4n) is 10.4. The molecule has 0 amide bonds. The Hall–Kier alpha value is -7.16. The summed E-state index contributed by atoms with van der Waals surface area (Å²) in [5.41, 5.74) is 20.5. The predicted molar refractivity (Wildman–Crippen MR) is 250 cm³/mol. The second-order valence-corrected chi connectivity index (χ2v) is 16.8. The molecule has 12 rings (SSSR count). The van der Waals surface area contributed by atoms with Crippen molar-refractivity contribution in [2.45, 2.75) is 32.1 Å². The zero-order valence-electron chi connectivity index (χ0n) is 33.3. The molecule has 2 heteroatoms. The molecule has 2 heterocycles. The minimum absolute atomic E-state index is 0.0944. The van der Waals surface area contributed by atoms with Gasteiger partial charge in [-0.15, -0.1) is 0 Å². The molecule has 0 aliphatic heterocycles. The van der Waals surface area contributed by atoms with Gasteiger partial charge in [0.25, 0.3) is 0 Å². The quantitative estimate of drug-likeness (QED) is 0.166. The third kappa shape index (κ3) is 5.12. The third-order valence-electron chi connectivity index (χ3n) is 13.3. The van der Waals surface area contributed by atoms with Crippen molar-refractivity contribution >= 4 is 54.8 Å². The average molecular weight is 755 g/mol. The molecule has 0 saturated carbocycles. The Morgan fingerprint density at radius 1 is 0.407 bits per heavy atom. The summed E-state index contributed by atoms with van der Waals surface area (Å²) in [6, 6.07) is 69.5. The Bertz CT molecular complexity index is 3220. The van der Waals surface area contributed by atoms with Crippen molar-refractivity contribution in [2.75, 3.05) is 0 Å². The lowest BCUT2D eigenvalue weighted by molar-refractivity contribution is 0.607. The van der Waals surface area contributed by atoms with Crippen LogP contribution in [0.5, 0.6) is 0 Å². The summed E-state index contributed by atoms with van der Waals surface area (Å²) in [5.74, 6) is 0. The van der Waals surface area contributed by atoms with Crippen molar-refractivity contribution in [1.29, 1.82) is 0 Å². The van der Waals surface area contributed by atoms with Gasteiger partial charge in [-0.2, -0.15) is 0 Å². The average Bonchev–Trinajstić information content (AvgIpc) is 3.89. The van der Waals surface area contributed by atoms with Gasteiger partial charge in [-0.3, -0.25) is 0 Å². The standard InChI is InChI=1S/C57H42N2/c1-57(2)50-21-13-20-44(39-24-28-42(29-25-39)58-52-22-11-9-18-45(52)46-19-10-12-23-53(46)58)56(50)47-31-30-43(36-51(47)57)59-54-32-26-40(37-14-5-3-6-15-37)34-48(54)49-35-41(27-33-55(49)59)38-16-7-4-8-17-38/h3-12,14-20,22-36H,13,21H2,1-2H3. The number of rotatable bonds is 5. The van der Waals surface area contributed by atoms with Crippen LogP contribution in [-0.4, -0.2) is 9.13 Å². The lowest BCUT2D eigenvalue weighted by Crippen LogP contribution is -2.18. The minimum atomic E-state index is -0.0944. The fraction of sp³-hybridized carbons (Fsp3) is 0.0877. The summed E-state index contributed by atoms with van der Waals surface area (Å²) < 4.78 is 4.90. The summed E-state index contributed by atoms with van der Waals surface area (Å²) >= 11 is 0. The molecule has 0 radical (unpaired) electrons. The van der Waals surface area contributed by atoms with Gasteiger partial charge >= 0.3 is 0 Å². The van der Waals surface area contributed by atoms with E-state index in [1.54, 1.807) is 5.57 Å². The van der Waals surface area contributed by atoms with Crippen molar-refractivity contribution in [3.63, 3.8) is 0 Å². The maximum Gasteiger partial charge on any atom is 0.0541 e. The van der Waals surface area contributed by atoms with E-state index in [-0.39, 0.29) is 5.41 Å². The van der Waals surface area contributed by atoms with Gasteiger partial charge in [0, 0.05) is 38.3 Å². The Labute approximate surface area is 344 Å². The molecule has 2 aromatic heterocycles. The number of hydrogen-bond donors (Lipinski definition) is 0. The van der Waals surface area contributed by atoms with Gasteiger partial charge in [0.05, 0.1) is 22.1 Å². The summed E-state index contributed by atoms with van der Waals surface area (Å²) in [5, 5.41) is 5.11. The molecule has 2 nitrogen and oxygen atoms in total. The van der Waals surface area contributed by atoms with Crippen LogP contribution in [0.3, 0.4) is 0 Å². The second kappa shape index (κ2) is 12.9. The molecule has 0 unspecified atom stereocenters. The molecule has 10 aromatic rings. The lowest BCUT2D eigenvalue weighted by Gasteiger charge is -2.27. The highest BCUT2D eigenvalue weighted by atomic mass is 15.0. The molecule has 0 saturated heterocycles. The molecule has 0 N–H and O–H groups in total. The van der Waals surface area contributed by atoms with Crippen LogP contribution in [0.1, 0.15) is 43.4 Å². The first-order chi connectivity index (χ1) is 29.0. The van der Waals surface area contributed by atoms with E-state index < -0.39 is 0 Å². The van der Waals surface area contributed by atoms with Crippen molar-refractivity contribution in [3.05, 3.63) is 216 Å². The second-order valence-electron chi connectivity index (χ2n) is 16.8. The number of hydrogen-bond acceptors (Lipinski definition) is 0. The van der Waals surface area contributed by atoms with E-state index in [2.05, 4.69) is 217 Å². The fourth-order valence-corrected chi connectivity index (χ4v) is 10.4. The molecular weight excluding hydrogens is 713 g/mol. The molecule has 59 heavy (non-hydrogen) atoms. The van der Waals surface area contributed by atoms with E-state index >= 15 is 0 Å². The monoisotopic (exact) mass is 754 g/mol.